The van der Waals surface area contributed by atoms with Crippen LogP contribution in [0.5, 0.6) is 0 Å². The lowest BCUT2D eigenvalue weighted by atomic mass is 10.1. The first kappa shape index (κ1) is 20.3. The smallest absolute Gasteiger partial charge is 0.308 e. The fraction of sp³-hybridized carbons (Fsp3) is 0.273. The summed E-state index contributed by atoms with van der Waals surface area (Å²) in [5, 5.41) is 2.74. The molecule has 0 aliphatic carbocycles. The van der Waals surface area contributed by atoms with Gasteiger partial charge in [0.05, 0.1) is 17.5 Å². The summed E-state index contributed by atoms with van der Waals surface area (Å²) in [6, 6.07) is 12.1. The second-order valence-corrected chi connectivity index (χ2v) is 6.93. The molecule has 0 unspecified atom stereocenters. The summed E-state index contributed by atoms with van der Waals surface area (Å²) in [5.41, 5.74) is 3.28. The van der Waals surface area contributed by atoms with Crippen LogP contribution in [0.25, 0.3) is 0 Å². The molecule has 3 rings (SSSR count). The molecular weight excluding hydrogens is 372 g/mol. The van der Waals surface area contributed by atoms with Gasteiger partial charge < -0.3 is 10.1 Å². The number of amides is 3. The van der Waals surface area contributed by atoms with Crippen molar-refractivity contribution in [2.75, 3.05) is 11.9 Å². The number of nitrogens with zero attached hydrogens (tertiary/aromatic N) is 1. The van der Waals surface area contributed by atoms with Crippen LogP contribution in [-0.2, 0) is 14.3 Å². The van der Waals surface area contributed by atoms with Gasteiger partial charge in [-0.15, -0.1) is 0 Å². The Morgan fingerprint density at radius 2 is 1.62 bits per heavy atom. The third-order valence-corrected chi connectivity index (χ3v) is 4.96. The monoisotopic (exact) mass is 394 g/mol. The van der Waals surface area contributed by atoms with Gasteiger partial charge in [0.25, 0.3) is 17.7 Å². The Morgan fingerprint density at radius 1 is 1.00 bits per heavy atom. The number of anilines is 1. The average Bonchev–Trinajstić information content (AvgIpc) is 2.94. The van der Waals surface area contributed by atoms with E-state index in [1.807, 2.05) is 26.0 Å². The fourth-order valence-electron chi connectivity index (χ4n) is 3.08. The molecule has 150 valence electrons. The molecule has 0 radical (unpaired) electrons. The summed E-state index contributed by atoms with van der Waals surface area (Å²) in [6.07, 6.45) is -1.20. The van der Waals surface area contributed by atoms with E-state index in [0.717, 1.165) is 16.0 Å². The molecule has 3 amide bonds. The molecule has 0 aromatic heterocycles. The van der Waals surface area contributed by atoms with Crippen molar-refractivity contribution in [2.45, 2.75) is 33.3 Å². The van der Waals surface area contributed by atoms with E-state index < -0.39 is 29.8 Å². The molecule has 2 aromatic carbocycles. The first-order valence-corrected chi connectivity index (χ1v) is 9.31. The van der Waals surface area contributed by atoms with E-state index in [0.29, 0.717) is 16.8 Å². The maximum absolute atomic E-state index is 12.3. The Balaban J connectivity index is 1.53. The minimum Gasteiger partial charge on any atom is -0.452 e. The molecule has 0 saturated carbocycles. The Morgan fingerprint density at radius 3 is 2.24 bits per heavy atom. The van der Waals surface area contributed by atoms with Crippen molar-refractivity contribution in [2.24, 2.45) is 0 Å². The Kier molecular flexibility index (Phi) is 5.77. The molecule has 0 bridgehead atoms. The summed E-state index contributed by atoms with van der Waals surface area (Å²) in [7, 11) is 0. The molecule has 1 atom stereocenters. The highest BCUT2D eigenvalue weighted by Crippen LogP contribution is 2.22. The highest BCUT2D eigenvalue weighted by atomic mass is 16.5. The zero-order valence-electron chi connectivity index (χ0n) is 16.5. The summed E-state index contributed by atoms with van der Waals surface area (Å²) >= 11 is 0. The van der Waals surface area contributed by atoms with Gasteiger partial charge in [-0.3, -0.25) is 24.1 Å². The van der Waals surface area contributed by atoms with Gasteiger partial charge in [-0.2, -0.15) is 0 Å². The SMILES string of the molecule is Cc1cccc(NC(=O)[C@H](C)OC(=O)CCN2C(=O)c3ccccc3C2=O)c1C. The van der Waals surface area contributed by atoms with Crippen LogP contribution in [0.1, 0.15) is 45.2 Å². The molecule has 2 aromatic rings. The summed E-state index contributed by atoms with van der Waals surface area (Å²) in [5.74, 6) is -1.98. The molecule has 7 heteroatoms. The lowest BCUT2D eigenvalue weighted by Gasteiger charge is -2.17. The average molecular weight is 394 g/mol. The second-order valence-electron chi connectivity index (χ2n) is 6.93. The largest absolute Gasteiger partial charge is 0.452 e. The highest BCUT2D eigenvalue weighted by Gasteiger charge is 2.35. The van der Waals surface area contributed by atoms with Crippen molar-refractivity contribution >= 4 is 29.4 Å². The number of aryl methyl sites for hydroxylation is 1. The van der Waals surface area contributed by atoms with Crippen LogP contribution in [-0.4, -0.2) is 41.2 Å². The molecule has 1 aliphatic rings. The van der Waals surface area contributed by atoms with E-state index in [2.05, 4.69) is 5.32 Å². The minimum atomic E-state index is -1.01. The van der Waals surface area contributed by atoms with Crippen LogP contribution in [0.15, 0.2) is 42.5 Å². The zero-order chi connectivity index (χ0) is 21.1. The van der Waals surface area contributed by atoms with E-state index in [9.17, 15) is 19.2 Å². The van der Waals surface area contributed by atoms with Gasteiger partial charge in [0, 0.05) is 12.2 Å². The normalized spacial score (nSPS) is 13.8. The van der Waals surface area contributed by atoms with E-state index in [4.69, 9.17) is 4.74 Å². The van der Waals surface area contributed by atoms with E-state index in [1.54, 1.807) is 30.3 Å². The Hall–Kier alpha value is -3.48. The molecule has 7 nitrogen and oxygen atoms in total. The summed E-state index contributed by atoms with van der Waals surface area (Å²) in [6.45, 7) is 5.20. The fourth-order valence-corrected chi connectivity index (χ4v) is 3.08. The van der Waals surface area contributed by atoms with Gasteiger partial charge in [0.1, 0.15) is 0 Å². The standard InChI is InChI=1S/C22H22N2O5/c1-13-7-6-10-18(14(13)2)23-20(26)15(3)29-19(25)11-12-24-21(27)16-8-4-5-9-17(16)22(24)28/h4-10,15H,11-12H2,1-3H3,(H,23,26)/t15-/m0/s1. The van der Waals surface area contributed by atoms with Gasteiger partial charge in [0.2, 0.25) is 0 Å². The lowest BCUT2D eigenvalue weighted by Crippen LogP contribution is -2.34. The summed E-state index contributed by atoms with van der Waals surface area (Å²) < 4.78 is 5.16. The predicted molar refractivity (Wildman–Crippen MR) is 107 cm³/mol. The molecule has 29 heavy (non-hydrogen) atoms. The maximum Gasteiger partial charge on any atom is 0.308 e. The number of carbonyl (C=O) groups is 4. The number of hydrogen-bond acceptors (Lipinski definition) is 5. The quantitative estimate of drug-likeness (QED) is 0.601. The summed E-state index contributed by atoms with van der Waals surface area (Å²) in [4.78, 5) is 50.1. The van der Waals surface area contributed by atoms with Crippen LogP contribution in [0.3, 0.4) is 0 Å². The number of ether oxygens (including phenoxy) is 1. The molecule has 0 spiro atoms. The van der Waals surface area contributed by atoms with Crippen molar-refractivity contribution < 1.29 is 23.9 Å². The Labute approximate surface area is 168 Å². The lowest BCUT2D eigenvalue weighted by molar-refractivity contribution is -0.153. The van der Waals surface area contributed by atoms with Crippen LogP contribution < -0.4 is 5.32 Å². The van der Waals surface area contributed by atoms with Crippen LogP contribution in [0.2, 0.25) is 0 Å². The van der Waals surface area contributed by atoms with Gasteiger partial charge >= 0.3 is 5.97 Å². The van der Waals surface area contributed by atoms with Crippen LogP contribution >= 0.6 is 0 Å². The van der Waals surface area contributed by atoms with Gasteiger partial charge in [-0.1, -0.05) is 24.3 Å². The second kappa shape index (κ2) is 8.26. The molecule has 1 N–H and O–H groups in total. The van der Waals surface area contributed by atoms with Crippen molar-refractivity contribution in [1.29, 1.82) is 0 Å². The van der Waals surface area contributed by atoms with Crippen LogP contribution in [0, 0.1) is 13.8 Å². The number of benzene rings is 2. The number of nitrogens with one attached hydrogen (secondary N) is 1. The molecule has 1 heterocycles. The number of rotatable bonds is 6. The minimum absolute atomic E-state index is 0.101. The van der Waals surface area contributed by atoms with Gasteiger partial charge in [0.15, 0.2) is 6.10 Å². The van der Waals surface area contributed by atoms with E-state index in [1.165, 1.54) is 6.92 Å². The van der Waals surface area contributed by atoms with Gasteiger partial charge in [-0.25, -0.2) is 0 Å². The Bertz CT molecular complexity index is 963. The van der Waals surface area contributed by atoms with E-state index in [-0.39, 0.29) is 13.0 Å². The molecular formula is C22H22N2O5. The number of esters is 1. The third kappa shape index (κ3) is 4.18. The predicted octanol–water partition coefficient (Wildman–Crippen LogP) is 2.86. The van der Waals surface area contributed by atoms with Crippen molar-refractivity contribution in [3.8, 4) is 0 Å². The number of hydrogen-bond donors (Lipinski definition) is 1. The molecule has 0 saturated heterocycles. The van der Waals surface area contributed by atoms with Crippen molar-refractivity contribution in [3.63, 3.8) is 0 Å². The molecule has 0 fully saturated rings. The van der Waals surface area contributed by atoms with Crippen LogP contribution in [0.4, 0.5) is 5.69 Å². The van der Waals surface area contributed by atoms with E-state index >= 15 is 0 Å². The third-order valence-electron chi connectivity index (χ3n) is 4.96. The number of carbonyl (C=O) groups excluding carboxylic acids is 4. The number of imide groups is 1. The first-order chi connectivity index (χ1) is 13.8. The van der Waals surface area contributed by atoms with Crippen molar-refractivity contribution in [3.05, 3.63) is 64.7 Å². The highest BCUT2D eigenvalue weighted by molar-refractivity contribution is 6.21. The zero-order valence-corrected chi connectivity index (χ0v) is 16.5. The van der Waals surface area contributed by atoms with Gasteiger partial charge in [-0.05, 0) is 50.1 Å². The number of fused-ring (bicyclic) bond motifs is 1. The van der Waals surface area contributed by atoms with Crippen molar-refractivity contribution in [1.82, 2.24) is 4.90 Å². The maximum atomic E-state index is 12.3. The molecule has 1 aliphatic heterocycles. The topological polar surface area (TPSA) is 92.8 Å². The first-order valence-electron chi connectivity index (χ1n) is 9.31.